The predicted molar refractivity (Wildman–Crippen MR) is 115 cm³/mol. The molecule has 0 aromatic heterocycles. The van der Waals surface area contributed by atoms with E-state index in [1.807, 2.05) is 20.8 Å². The average molecular weight is 517 g/mol. The number of hydrogen-bond donors (Lipinski definition) is 5. The van der Waals surface area contributed by atoms with Crippen LogP contribution in [-0.2, 0) is 27.7 Å². The van der Waals surface area contributed by atoms with Crippen LogP contribution in [0.1, 0.15) is 59.2 Å². The third-order valence-electron chi connectivity index (χ3n) is 2.41. The first-order valence-electron chi connectivity index (χ1n) is 9.34. The maximum Gasteiger partial charge on any atom is 1.00 e. The van der Waals surface area contributed by atoms with Crippen molar-refractivity contribution in [2.75, 3.05) is 32.9 Å². The largest absolute Gasteiger partial charge is 1.00 e. The van der Waals surface area contributed by atoms with Crippen LogP contribution in [0.2, 0.25) is 0 Å². The van der Waals surface area contributed by atoms with Crippen LogP contribution in [0.25, 0.3) is 0 Å². The molecule has 15 heteroatoms. The fourth-order valence-electron chi connectivity index (χ4n) is 1.81. The Labute approximate surface area is 264 Å². The molecule has 32 heavy (non-hydrogen) atoms. The summed E-state index contributed by atoms with van der Waals surface area (Å²) in [6.45, 7) is 14.4. The van der Waals surface area contributed by atoms with E-state index in [-0.39, 0.29) is 98.6 Å². The summed E-state index contributed by atoms with van der Waals surface area (Å²) in [6.07, 6.45) is 0.909. The Kier molecular flexibility index (Phi) is 58.2. The van der Waals surface area contributed by atoms with Crippen LogP contribution in [0.5, 0.6) is 0 Å². The van der Waals surface area contributed by atoms with Gasteiger partial charge in [0, 0.05) is 53.7 Å². The normalized spacial score (nSPS) is 9.75. The monoisotopic (exact) mass is 516 g/mol. The summed E-state index contributed by atoms with van der Waals surface area (Å²) in [6, 6.07) is 0. The molecule has 0 aromatic carbocycles. The minimum Gasteiger partial charge on any atom is -1.00 e. The molecule has 182 valence electrons. The second kappa shape index (κ2) is 37.0. The number of nitrogens with two attached hydrogens (primary N) is 1. The summed E-state index contributed by atoms with van der Waals surface area (Å²) in [5.74, 6) is -2.50. The first-order chi connectivity index (χ1) is 13.4. The number of carbonyl (C=O) groups is 3. The van der Waals surface area contributed by atoms with Crippen LogP contribution >= 0.6 is 0 Å². The van der Waals surface area contributed by atoms with Crippen molar-refractivity contribution in [2.24, 2.45) is 5.73 Å². The standard InChI is InChI=1S/C11H28N2O3Si.3C2H4O2.3Na.3H/c1-5-11(13-10-9-12)17(14-6-2,15-7-3)16-8-4;3*1-2(3)4;;;;;;/h11,13H,5-10,12H2,1-4H3;3*1H3,(H,3,4);;;;;;/q;;;;3*+1;3*-1. The second-order valence-electron chi connectivity index (χ2n) is 5.16. The van der Waals surface area contributed by atoms with Gasteiger partial charge in [0.05, 0.1) is 5.67 Å². The van der Waals surface area contributed by atoms with E-state index in [4.69, 9.17) is 48.7 Å². The zero-order valence-corrected chi connectivity index (χ0v) is 28.7. The van der Waals surface area contributed by atoms with E-state index in [0.29, 0.717) is 26.4 Å². The van der Waals surface area contributed by atoms with E-state index >= 15 is 0 Å². The number of hydrogen-bond acceptors (Lipinski definition) is 8. The van der Waals surface area contributed by atoms with Gasteiger partial charge in [-0.3, -0.25) is 14.4 Å². The third-order valence-corrected chi connectivity index (χ3v) is 5.95. The van der Waals surface area contributed by atoms with Gasteiger partial charge < -0.3 is 43.9 Å². The molecule has 0 radical (unpaired) electrons. The molecular weight excluding hydrogens is 473 g/mol. The summed E-state index contributed by atoms with van der Waals surface area (Å²) in [5.41, 5.74) is 5.64. The minimum atomic E-state index is -2.63. The van der Waals surface area contributed by atoms with Gasteiger partial charge in [0.25, 0.3) is 17.9 Å². The summed E-state index contributed by atoms with van der Waals surface area (Å²) in [5, 5.41) is 25.6. The van der Waals surface area contributed by atoms with Crippen molar-refractivity contribution in [2.45, 2.75) is 60.6 Å². The van der Waals surface area contributed by atoms with Crippen molar-refractivity contribution >= 4 is 26.7 Å². The van der Waals surface area contributed by atoms with Crippen molar-refractivity contribution in [3.63, 3.8) is 0 Å². The van der Waals surface area contributed by atoms with Gasteiger partial charge in [0.15, 0.2) is 0 Å². The second-order valence-corrected chi connectivity index (χ2v) is 7.93. The van der Waals surface area contributed by atoms with Gasteiger partial charge in [-0.15, -0.1) is 0 Å². The van der Waals surface area contributed by atoms with Crippen molar-refractivity contribution < 1.29 is 136 Å². The van der Waals surface area contributed by atoms with Gasteiger partial charge in [-0.2, -0.15) is 0 Å². The Hall–Kier alpha value is 1.43. The number of nitrogens with one attached hydrogen (secondary N) is 1. The first kappa shape index (κ1) is 50.3. The van der Waals surface area contributed by atoms with Gasteiger partial charge in [-0.1, -0.05) is 6.92 Å². The quantitative estimate of drug-likeness (QED) is 0.165. The van der Waals surface area contributed by atoms with Crippen molar-refractivity contribution in [3.8, 4) is 0 Å². The number of aliphatic carboxylic acids is 3. The van der Waals surface area contributed by atoms with Crippen molar-refractivity contribution in [1.82, 2.24) is 5.32 Å². The topological polar surface area (TPSA) is 178 Å². The summed E-state index contributed by atoms with van der Waals surface area (Å²) in [4.78, 5) is 27.0. The molecule has 0 fully saturated rings. The maximum atomic E-state index is 9.00. The smallest absolute Gasteiger partial charge is 1.00 e. The molecule has 0 aliphatic heterocycles. The maximum absolute atomic E-state index is 9.00. The minimum absolute atomic E-state index is 0. The molecule has 0 heterocycles. The fraction of sp³-hybridized carbons (Fsp3) is 0.824. The Morgan fingerprint density at radius 3 is 1.22 bits per heavy atom. The molecule has 0 saturated heterocycles. The van der Waals surface area contributed by atoms with Crippen molar-refractivity contribution in [3.05, 3.63) is 0 Å². The molecular formula is C17H43N2Na3O9Si. The Balaban J connectivity index is -0.0000000369. The van der Waals surface area contributed by atoms with Gasteiger partial charge in [-0.25, -0.2) is 0 Å². The SMILES string of the molecule is CC(=O)O.CC(=O)O.CC(=O)O.CCO[Si](OCC)(OCC)C(CC)NCCN.[H-].[H-].[H-].[Na+].[Na+].[Na+]. The molecule has 0 aromatic rings. The summed E-state index contributed by atoms with van der Waals surface area (Å²) >= 11 is 0. The molecule has 0 aliphatic carbocycles. The summed E-state index contributed by atoms with van der Waals surface area (Å²) in [7, 11) is -2.63. The molecule has 6 N–H and O–H groups in total. The molecule has 0 saturated carbocycles. The van der Waals surface area contributed by atoms with E-state index in [9.17, 15) is 0 Å². The number of rotatable bonds is 11. The van der Waals surface area contributed by atoms with E-state index in [0.717, 1.165) is 33.7 Å². The van der Waals surface area contributed by atoms with Crippen LogP contribution in [-0.4, -0.2) is 80.6 Å². The molecule has 0 aliphatic rings. The zero-order chi connectivity index (χ0) is 23.9. The Morgan fingerprint density at radius 2 is 1.06 bits per heavy atom. The average Bonchev–Trinajstić information content (AvgIpc) is 2.54. The first-order valence-corrected chi connectivity index (χ1v) is 11.1. The molecule has 1 atom stereocenters. The van der Waals surface area contributed by atoms with E-state index in [2.05, 4.69) is 12.2 Å². The number of carboxylic acid groups (broad SMARTS) is 3. The van der Waals surface area contributed by atoms with Gasteiger partial charge >= 0.3 is 97.5 Å². The molecule has 0 spiro atoms. The van der Waals surface area contributed by atoms with Gasteiger partial charge in [-0.05, 0) is 27.2 Å². The van der Waals surface area contributed by atoms with Crippen LogP contribution in [0.3, 0.4) is 0 Å². The van der Waals surface area contributed by atoms with Crippen molar-refractivity contribution in [1.29, 1.82) is 0 Å². The fourth-order valence-corrected chi connectivity index (χ4v) is 4.76. The van der Waals surface area contributed by atoms with E-state index in [1.165, 1.54) is 0 Å². The predicted octanol–water partition coefficient (Wildman–Crippen LogP) is -7.48. The molecule has 1 unspecified atom stereocenters. The van der Waals surface area contributed by atoms with E-state index in [1.54, 1.807) is 0 Å². The molecule has 11 nitrogen and oxygen atoms in total. The van der Waals surface area contributed by atoms with E-state index < -0.39 is 26.7 Å². The van der Waals surface area contributed by atoms with Crippen LogP contribution in [0.4, 0.5) is 0 Å². The zero-order valence-electron chi connectivity index (χ0n) is 24.7. The third kappa shape index (κ3) is 45.0. The van der Waals surface area contributed by atoms with Crippen LogP contribution in [0, 0.1) is 0 Å². The summed E-state index contributed by atoms with van der Waals surface area (Å²) < 4.78 is 17.6. The Morgan fingerprint density at radius 1 is 0.812 bits per heavy atom. The Bertz CT molecular complexity index is 384. The van der Waals surface area contributed by atoms with Crippen LogP contribution in [0.15, 0.2) is 0 Å². The molecule has 0 amide bonds. The van der Waals surface area contributed by atoms with Gasteiger partial charge in [0.2, 0.25) is 0 Å². The van der Waals surface area contributed by atoms with Crippen LogP contribution < -0.4 is 99.7 Å². The molecule has 0 rings (SSSR count). The molecule has 0 bridgehead atoms. The van der Waals surface area contributed by atoms with Gasteiger partial charge in [0.1, 0.15) is 0 Å². The number of carboxylic acids is 3.